The van der Waals surface area contributed by atoms with Gasteiger partial charge in [-0.15, -0.1) is 11.3 Å². The molecule has 0 amide bonds. The first kappa shape index (κ1) is 17.0. The first-order valence-corrected chi connectivity index (χ1v) is 9.50. The van der Waals surface area contributed by atoms with Crippen LogP contribution in [0.4, 0.5) is 0 Å². The van der Waals surface area contributed by atoms with Crippen molar-refractivity contribution in [1.29, 1.82) is 0 Å². The van der Waals surface area contributed by atoms with Crippen LogP contribution in [-0.2, 0) is 16.1 Å². The Labute approximate surface area is 150 Å². The van der Waals surface area contributed by atoms with Crippen LogP contribution in [-0.4, -0.2) is 15.7 Å². The molecule has 3 rings (SSSR count). The van der Waals surface area contributed by atoms with Crippen LogP contribution in [0.5, 0.6) is 0 Å². The molecule has 1 atom stereocenters. The third-order valence-electron chi connectivity index (χ3n) is 3.91. The van der Waals surface area contributed by atoms with Crippen molar-refractivity contribution in [2.24, 2.45) is 0 Å². The van der Waals surface area contributed by atoms with Gasteiger partial charge >= 0.3 is 5.97 Å². The molecular formula is C19H19NO2S2. The number of fused-ring (bicyclic) bond motifs is 1. The van der Waals surface area contributed by atoms with Crippen LogP contribution in [0.3, 0.4) is 0 Å². The van der Waals surface area contributed by atoms with Gasteiger partial charge in [-0.1, -0.05) is 61.2 Å². The Morgan fingerprint density at radius 2 is 1.88 bits per heavy atom. The third-order valence-corrected chi connectivity index (χ3v) is 6.41. The summed E-state index contributed by atoms with van der Waals surface area (Å²) in [5.74, 6) is -0.196. The molecule has 0 fully saturated rings. The number of nitrogens with zero attached hydrogens (tertiary/aromatic N) is 1. The fourth-order valence-corrected chi connectivity index (χ4v) is 4.72. The Balaban J connectivity index is 1.71. The van der Waals surface area contributed by atoms with Crippen LogP contribution in [0, 0.1) is 0 Å². The zero-order valence-electron chi connectivity index (χ0n) is 13.7. The average Bonchev–Trinajstić information content (AvgIpc) is 3.02. The van der Waals surface area contributed by atoms with E-state index in [9.17, 15) is 4.79 Å². The highest BCUT2D eigenvalue weighted by atomic mass is 32.2. The minimum Gasteiger partial charge on any atom is -0.460 e. The van der Waals surface area contributed by atoms with Gasteiger partial charge in [-0.3, -0.25) is 4.79 Å². The molecule has 1 aromatic heterocycles. The molecule has 0 N–H and O–H groups in total. The molecule has 0 bridgehead atoms. The Morgan fingerprint density at radius 1 is 1.17 bits per heavy atom. The minimum absolute atomic E-state index is 0.196. The van der Waals surface area contributed by atoms with E-state index in [4.69, 9.17) is 4.74 Å². The summed E-state index contributed by atoms with van der Waals surface area (Å²) in [6.45, 7) is 4.23. The number of hydrogen-bond acceptors (Lipinski definition) is 5. The summed E-state index contributed by atoms with van der Waals surface area (Å²) in [5, 5.41) is 0. The highest BCUT2D eigenvalue weighted by Gasteiger charge is 2.35. The largest absolute Gasteiger partial charge is 0.460 e. The van der Waals surface area contributed by atoms with E-state index in [2.05, 4.69) is 4.98 Å². The van der Waals surface area contributed by atoms with Crippen LogP contribution in [0.15, 0.2) is 58.9 Å². The van der Waals surface area contributed by atoms with Crippen molar-refractivity contribution >= 4 is 39.3 Å². The van der Waals surface area contributed by atoms with Crippen molar-refractivity contribution in [3.8, 4) is 0 Å². The molecule has 124 valence electrons. The number of esters is 1. The number of benzene rings is 2. The molecule has 3 nitrogen and oxygen atoms in total. The van der Waals surface area contributed by atoms with E-state index >= 15 is 0 Å². The summed E-state index contributed by atoms with van der Waals surface area (Å²) in [6.07, 6.45) is 0.682. The van der Waals surface area contributed by atoms with Crippen molar-refractivity contribution < 1.29 is 9.53 Å². The lowest BCUT2D eigenvalue weighted by molar-refractivity contribution is -0.147. The zero-order valence-corrected chi connectivity index (χ0v) is 15.3. The molecule has 2 aromatic carbocycles. The number of rotatable bonds is 6. The number of thiazole rings is 1. The first-order valence-electron chi connectivity index (χ1n) is 7.86. The van der Waals surface area contributed by atoms with E-state index in [-0.39, 0.29) is 5.97 Å². The molecule has 24 heavy (non-hydrogen) atoms. The van der Waals surface area contributed by atoms with E-state index in [0.29, 0.717) is 13.0 Å². The molecule has 0 aliphatic rings. The van der Waals surface area contributed by atoms with E-state index in [1.54, 1.807) is 11.3 Å². The second-order valence-electron chi connectivity index (χ2n) is 5.70. The maximum Gasteiger partial charge on any atom is 0.322 e. The highest BCUT2D eigenvalue weighted by molar-refractivity contribution is 8.03. The van der Waals surface area contributed by atoms with Crippen LogP contribution in [0.25, 0.3) is 10.2 Å². The van der Waals surface area contributed by atoms with Gasteiger partial charge in [0.25, 0.3) is 0 Å². The summed E-state index contributed by atoms with van der Waals surface area (Å²) in [7, 11) is 0. The molecule has 0 saturated heterocycles. The highest BCUT2D eigenvalue weighted by Crippen LogP contribution is 2.40. The molecule has 1 heterocycles. The lowest BCUT2D eigenvalue weighted by Crippen LogP contribution is -2.32. The van der Waals surface area contributed by atoms with Gasteiger partial charge < -0.3 is 4.74 Å². The number of carbonyl (C=O) groups excluding carboxylic acids is 1. The molecule has 0 saturated carbocycles. The molecular weight excluding hydrogens is 338 g/mol. The molecule has 0 aliphatic carbocycles. The third kappa shape index (κ3) is 3.79. The summed E-state index contributed by atoms with van der Waals surface area (Å²) < 4.78 is 6.95. The maximum atomic E-state index is 12.6. The molecule has 0 spiro atoms. The smallest absolute Gasteiger partial charge is 0.322 e. The number of carbonyl (C=O) groups is 1. The van der Waals surface area contributed by atoms with E-state index in [0.717, 1.165) is 20.1 Å². The molecule has 0 radical (unpaired) electrons. The topological polar surface area (TPSA) is 39.2 Å². The van der Waals surface area contributed by atoms with Crippen LogP contribution >= 0.6 is 23.1 Å². The number of thioether (sulfide) groups is 1. The summed E-state index contributed by atoms with van der Waals surface area (Å²) in [5.41, 5.74) is 1.97. The van der Waals surface area contributed by atoms with E-state index in [1.807, 2.05) is 68.4 Å². The Bertz CT molecular complexity index is 799. The fraction of sp³-hybridized carbons (Fsp3) is 0.263. The van der Waals surface area contributed by atoms with Gasteiger partial charge in [-0.2, -0.15) is 0 Å². The molecule has 5 heteroatoms. The molecule has 3 aromatic rings. The predicted molar refractivity (Wildman–Crippen MR) is 100 cm³/mol. The lowest BCUT2D eigenvalue weighted by Gasteiger charge is -2.24. The number of hydrogen-bond donors (Lipinski definition) is 0. The number of ether oxygens (including phenoxy) is 1. The fourth-order valence-electron chi connectivity index (χ4n) is 2.22. The van der Waals surface area contributed by atoms with Gasteiger partial charge in [0.15, 0.2) is 4.34 Å². The molecule has 0 aliphatic heterocycles. The van der Waals surface area contributed by atoms with Crippen molar-refractivity contribution in [2.75, 3.05) is 0 Å². The van der Waals surface area contributed by atoms with Crippen molar-refractivity contribution in [2.45, 2.75) is 36.0 Å². The summed E-state index contributed by atoms with van der Waals surface area (Å²) in [6, 6.07) is 17.8. The van der Waals surface area contributed by atoms with Gasteiger partial charge in [0.2, 0.25) is 0 Å². The Morgan fingerprint density at radius 3 is 2.58 bits per heavy atom. The van der Waals surface area contributed by atoms with Crippen LogP contribution in [0.2, 0.25) is 0 Å². The van der Waals surface area contributed by atoms with Gasteiger partial charge in [-0.25, -0.2) is 4.98 Å². The maximum absolute atomic E-state index is 12.6. The Kier molecular flexibility index (Phi) is 5.21. The Hall–Kier alpha value is -1.85. The van der Waals surface area contributed by atoms with Crippen molar-refractivity contribution in [1.82, 2.24) is 4.98 Å². The standard InChI is InChI=1S/C19H19NO2S2/c1-3-19(2,17(21)22-13-14-9-5-4-6-10-14)24-18-20-15-11-7-8-12-16(15)23-18/h4-12H,3,13H2,1-2H3/t19-/m1/s1. The van der Waals surface area contributed by atoms with E-state index < -0.39 is 4.75 Å². The zero-order chi connectivity index (χ0) is 17.0. The normalized spacial score (nSPS) is 13.6. The lowest BCUT2D eigenvalue weighted by atomic mass is 10.1. The summed E-state index contributed by atoms with van der Waals surface area (Å²) >= 11 is 3.11. The van der Waals surface area contributed by atoms with E-state index in [1.165, 1.54) is 11.8 Å². The van der Waals surface area contributed by atoms with Crippen LogP contribution < -0.4 is 0 Å². The number of aromatic nitrogens is 1. The van der Waals surface area contributed by atoms with Gasteiger partial charge in [-0.05, 0) is 31.0 Å². The molecule has 0 unspecified atom stereocenters. The van der Waals surface area contributed by atoms with Gasteiger partial charge in [0.05, 0.1) is 10.2 Å². The second-order valence-corrected chi connectivity index (χ2v) is 8.48. The van der Waals surface area contributed by atoms with Crippen LogP contribution in [0.1, 0.15) is 25.8 Å². The monoisotopic (exact) mass is 357 g/mol. The number of para-hydroxylation sites is 1. The first-order chi connectivity index (χ1) is 11.6. The van der Waals surface area contributed by atoms with Crippen molar-refractivity contribution in [3.05, 3.63) is 60.2 Å². The quantitative estimate of drug-likeness (QED) is 0.443. The predicted octanol–water partition coefficient (Wildman–Crippen LogP) is 5.30. The second kappa shape index (κ2) is 7.36. The van der Waals surface area contributed by atoms with Crippen molar-refractivity contribution in [3.63, 3.8) is 0 Å². The SMILES string of the molecule is CC[C@@](C)(Sc1nc2ccccc2s1)C(=O)OCc1ccccc1. The summed E-state index contributed by atoms with van der Waals surface area (Å²) in [4.78, 5) is 17.2. The minimum atomic E-state index is -0.636. The van der Waals surface area contributed by atoms with Gasteiger partial charge in [0, 0.05) is 0 Å². The van der Waals surface area contributed by atoms with Gasteiger partial charge in [0.1, 0.15) is 11.4 Å². The average molecular weight is 358 g/mol.